The van der Waals surface area contributed by atoms with Crippen molar-refractivity contribution in [3.05, 3.63) is 58.1 Å². The normalized spacial score (nSPS) is 18.7. The van der Waals surface area contributed by atoms with E-state index in [4.69, 9.17) is 9.47 Å². The fourth-order valence-electron chi connectivity index (χ4n) is 3.02. The molecule has 0 N–H and O–H groups in total. The van der Waals surface area contributed by atoms with Crippen molar-refractivity contribution in [3.8, 4) is 11.5 Å². The van der Waals surface area contributed by atoms with Crippen molar-refractivity contribution in [2.75, 3.05) is 6.79 Å². The topological polar surface area (TPSA) is 51.1 Å². The van der Waals surface area contributed by atoms with E-state index in [1.165, 1.54) is 6.92 Å². The molecule has 0 bridgehead atoms. The molecule has 0 aliphatic carbocycles. The van der Waals surface area contributed by atoms with Crippen molar-refractivity contribution in [3.63, 3.8) is 0 Å². The van der Waals surface area contributed by atoms with E-state index >= 15 is 0 Å². The molecule has 1 amide bonds. The maximum absolute atomic E-state index is 12.0. The Kier molecular flexibility index (Phi) is 3.76. The highest BCUT2D eigenvalue weighted by molar-refractivity contribution is 9.10. The zero-order valence-corrected chi connectivity index (χ0v) is 14.6. The van der Waals surface area contributed by atoms with Gasteiger partial charge in [-0.3, -0.25) is 4.79 Å². The van der Waals surface area contributed by atoms with E-state index in [-0.39, 0.29) is 18.7 Å². The van der Waals surface area contributed by atoms with E-state index in [2.05, 4.69) is 21.0 Å². The molecule has 0 saturated heterocycles. The van der Waals surface area contributed by atoms with Crippen LogP contribution in [0.1, 0.15) is 30.5 Å². The van der Waals surface area contributed by atoms with Gasteiger partial charge in [-0.15, -0.1) is 0 Å². The van der Waals surface area contributed by atoms with E-state index in [1.54, 1.807) is 5.01 Å². The number of fused-ring (bicyclic) bond motifs is 1. The SMILES string of the molecule is CC(=O)N1N=C(c2ccc3c(c2)OCO3)C[C@@H]1c1cccc(Br)c1. The minimum Gasteiger partial charge on any atom is -0.454 e. The first-order valence-corrected chi connectivity index (χ1v) is 8.44. The molecule has 0 saturated carbocycles. The molecular formula is C18H15BrN2O3. The summed E-state index contributed by atoms with van der Waals surface area (Å²) >= 11 is 3.49. The predicted molar refractivity (Wildman–Crippen MR) is 93.1 cm³/mol. The molecule has 0 aromatic heterocycles. The van der Waals surface area contributed by atoms with Crippen molar-refractivity contribution >= 4 is 27.5 Å². The zero-order chi connectivity index (χ0) is 16.7. The average Bonchev–Trinajstić information content (AvgIpc) is 3.21. The molecule has 0 spiro atoms. The van der Waals surface area contributed by atoms with Crippen LogP contribution in [0.3, 0.4) is 0 Å². The second kappa shape index (κ2) is 5.94. The van der Waals surface area contributed by atoms with Gasteiger partial charge in [-0.05, 0) is 35.9 Å². The number of benzene rings is 2. The highest BCUT2D eigenvalue weighted by Crippen LogP contribution is 2.37. The summed E-state index contributed by atoms with van der Waals surface area (Å²) in [5.41, 5.74) is 2.87. The monoisotopic (exact) mass is 386 g/mol. The third kappa shape index (κ3) is 2.67. The molecule has 2 aliphatic heterocycles. The summed E-state index contributed by atoms with van der Waals surface area (Å²) in [5.74, 6) is 1.38. The van der Waals surface area contributed by atoms with Crippen LogP contribution in [-0.4, -0.2) is 23.4 Å². The molecule has 2 heterocycles. The van der Waals surface area contributed by atoms with Crippen LogP contribution in [0, 0.1) is 0 Å². The van der Waals surface area contributed by atoms with Gasteiger partial charge in [-0.25, -0.2) is 5.01 Å². The van der Waals surface area contributed by atoms with Crippen LogP contribution in [0.5, 0.6) is 11.5 Å². The number of hydrogen-bond donors (Lipinski definition) is 0. The Morgan fingerprint density at radius 3 is 2.83 bits per heavy atom. The number of ether oxygens (including phenoxy) is 2. The van der Waals surface area contributed by atoms with Crippen LogP contribution in [0.4, 0.5) is 0 Å². The number of halogens is 1. The van der Waals surface area contributed by atoms with Crippen LogP contribution >= 0.6 is 15.9 Å². The van der Waals surface area contributed by atoms with Gasteiger partial charge in [-0.2, -0.15) is 5.10 Å². The van der Waals surface area contributed by atoms with E-state index < -0.39 is 0 Å². The quantitative estimate of drug-likeness (QED) is 0.786. The number of hydrogen-bond acceptors (Lipinski definition) is 4. The molecule has 2 aromatic carbocycles. The maximum Gasteiger partial charge on any atom is 0.240 e. The molecule has 0 fully saturated rings. The van der Waals surface area contributed by atoms with Gasteiger partial charge < -0.3 is 9.47 Å². The largest absolute Gasteiger partial charge is 0.454 e. The Hall–Kier alpha value is -2.34. The third-order valence-electron chi connectivity index (χ3n) is 4.17. The molecule has 24 heavy (non-hydrogen) atoms. The summed E-state index contributed by atoms with van der Waals surface area (Å²) < 4.78 is 11.8. The number of carbonyl (C=O) groups excluding carboxylic acids is 1. The number of amides is 1. The van der Waals surface area contributed by atoms with Crippen LogP contribution in [0.25, 0.3) is 0 Å². The number of hydrazone groups is 1. The van der Waals surface area contributed by atoms with Gasteiger partial charge in [0.15, 0.2) is 11.5 Å². The average molecular weight is 387 g/mol. The minimum absolute atomic E-state index is 0.0734. The summed E-state index contributed by atoms with van der Waals surface area (Å²) in [5, 5.41) is 6.12. The van der Waals surface area contributed by atoms with Crippen molar-refractivity contribution < 1.29 is 14.3 Å². The van der Waals surface area contributed by atoms with Gasteiger partial charge in [0.05, 0.1) is 11.8 Å². The predicted octanol–water partition coefficient (Wildman–Crippen LogP) is 3.88. The third-order valence-corrected chi connectivity index (χ3v) is 4.67. The molecule has 1 atom stereocenters. The highest BCUT2D eigenvalue weighted by Gasteiger charge is 2.32. The van der Waals surface area contributed by atoms with Gasteiger partial charge in [0, 0.05) is 23.4 Å². The van der Waals surface area contributed by atoms with Gasteiger partial charge >= 0.3 is 0 Å². The lowest BCUT2D eigenvalue weighted by Gasteiger charge is -2.20. The molecule has 0 unspecified atom stereocenters. The summed E-state index contributed by atoms with van der Waals surface area (Å²) in [4.78, 5) is 12.0. The standard InChI is InChI=1S/C18H15BrN2O3/c1-11(22)21-16(13-3-2-4-14(19)7-13)9-15(20-21)12-5-6-17-18(8-12)24-10-23-17/h2-8,16H,9-10H2,1H3/t16-/m1/s1. The Morgan fingerprint density at radius 2 is 2.04 bits per heavy atom. The summed E-state index contributed by atoms with van der Waals surface area (Å²) in [6.07, 6.45) is 0.662. The minimum atomic E-state index is -0.0968. The lowest BCUT2D eigenvalue weighted by molar-refractivity contribution is -0.130. The second-order valence-corrected chi connectivity index (χ2v) is 6.67. The van der Waals surface area contributed by atoms with Crippen molar-refractivity contribution in [2.24, 2.45) is 5.10 Å². The first kappa shape index (κ1) is 15.2. The number of nitrogens with zero attached hydrogens (tertiary/aromatic N) is 2. The van der Waals surface area contributed by atoms with Gasteiger partial charge in [0.1, 0.15) is 0 Å². The fourth-order valence-corrected chi connectivity index (χ4v) is 3.44. The molecule has 2 aliphatic rings. The van der Waals surface area contributed by atoms with Crippen LogP contribution in [0.2, 0.25) is 0 Å². The molecule has 122 valence electrons. The summed E-state index contributed by atoms with van der Waals surface area (Å²) in [6.45, 7) is 1.78. The number of rotatable bonds is 2. The molecule has 6 heteroatoms. The Balaban J connectivity index is 1.68. The zero-order valence-electron chi connectivity index (χ0n) is 13.0. The highest BCUT2D eigenvalue weighted by atomic mass is 79.9. The number of carbonyl (C=O) groups is 1. The lowest BCUT2D eigenvalue weighted by Crippen LogP contribution is -2.24. The van der Waals surface area contributed by atoms with Crippen molar-refractivity contribution in [1.29, 1.82) is 0 Å². The molecular weight excluding hydrogens is 372 g/mol. The molecule has 4 rings (SSSR count). The smallest absolute Gasteiger partial charge is 0.240 e. The van der Waals surface area contributed by atoms with E-state index in [1.807, 2.05) is 42.5 Å². The molecule has 0 radical (unpaired) electrons. The van der Waals surface area contributed by atoms with E-state index in [0.29, 0.717) is 6.42 Å². The van der Waals surface area contributed by atoms with Crippen LogP contribution in [-0.2, 0) is 4.79 Å². The first-order valence-electron chi connectivity index (χ1n) is 7.64. The van der Waals surface area contributed by atoms with E-state index in [0.717, 1.165) is 32.8 Å². The summed E-state index contributed by atoms with van der Waals surface area (Å²) in [7, 11) is 0. The van der Waals surface area contributed by atoms with Gasteiger partial charge in [0.2, 0.25) is 12.7 Å². The Labute approximate surface area is 148 Å². The second-order valence-electron chi connectivity index (χ2n) is 5.75. The Morgan fingerprint density at radius 1 is 1.21 bits per heavy atom. The summed E-state index contributed by atoms with van der Waals surface area (Å²) in [6, 6.07) is 13.6. The lowest BCUT2D eigenvalue weighted by atomic mass is 9.98. The van der Waals surface area contributed by atoms with E-state index in [9.17, 15) is 4.79 Å². The maximum atomic E-state index is 12.0. The van der Waals surface area contributed by atoms with Crippen LogP contribution in [0.15, 0.2) is 52.0 Å². The van der Waals surface area contributed by atoms with Gasteiger partial charge in [-0.1, -0.05) is 28.1 Å². The molecule has 5 nitrogen and oxygen atoms in total. The fraction of sp³-hybridized carbons (Fsp3) is 0.222. The van der Waals surface area contributed by atoms with Gasteiger partial charge in [0.25, 0.3) is 0 Å². The van der Waals surface area contributed by atoms with Crippen molar-refractivity contribution in [1.82, 2.24) is 5.01 Å². The van der Waals surface area contributed by atoms with Crippen LogP contribution < -0.4 is 9.47 Å². The molecule has 2 aromatic rings. The van der Waals surface area contributed by atoms with Crippen molar-refractivity contribution in [2.45, 2.75) is 19.4 Å². The Bertz CT molecular complexity index is 850. The first-order chi connectivity index (χ1) is 11.6.